The summed E-state index contributed by atoms with van der Waals surface area (Å²) in [6.07, 6.45) is -4.22. The zero-order valence-corrected chi connectivity index (χ0v) is 9.37. The lowest BCUT2D eigenvalue weighted by Crippen LogP contribution is -2.49. The van der Waals surface area contributed by atoms with Crippen LogP contribution in [0.1, 0.15) is 11.6 Å². The molecule has 1 aliphatic heterocycles. The molecule has 2 nitrogen and oxygen atoms in total. The number of halogens is 3. The van der Waals surface area contributed by atoms with Gasteiger partial charge in [-0.3, -0.25) is 4.90 Å². The van der Waals surface area contributed by atoms with Gasteiger partial charge in [-0.25, -0.2) is 0 Å². The highest BCUT2D eigenvalue weighted by molar-refractivity contribution is 5.20. The molecule has 0 unspecified atom stereocenters. The lowest BCUT2D eigenvalue weighted by Gasteiger charge is -2.36. The molecule has 0 aromatic heterocycles. The molecule has 1 aliphatic rings. The quantitative estimate of drug-likeness (QED) is 0.858. The van der Waals surface area contributed by atoms with Gasteiger partial charge < -0.3 is 5.32 Å². The first-order valence-corrected chi connectivity index (χ1v) is 5.65. The van der Waals surface area contributed by atoms with Crippen LogP contribution in [0.5, 0.6) is 0 Å². The number of alkyl halides is 3. The summed E-state index contributed by atoms with van der Waals surface area (Å²) in [6.45, 7) is 2.08. The molecule has 0 spiro atoms. The van der Waals surface area contributed by atoms with Gasteiger partial charge in [-0.05, 0) is 5.56 Å². The molecule has 1 aromatic carbocycles. The van der Waals surface area contributed by atoms with E-state index in [1.807, 2.05) is 0 Å². The van der Waals surface area contributed by atoms with Gasteiger partial charge in [0.25, 0.3) is 0 Å². The summed E-state index contributed by atoms with van der Waals surface area (Å²) >= 11 is 0. The van der Waals surface area contributed by atoms with Gasteiger partial charge >= 0.3 is 6.18 Å². The lowest BCUT2D eigenvalue weighted by molar-refractivity contribution is -0.187. The van der Waals surface area contributed by atoms with Crippen LogP contribution in [0.15, 0.2) is 30.3 Å². The normalized spacial score (nSPS) is 20.2. The fourth-order valence-corrected chi connectivity index (χ4v) is 2.18. The Morgan fingerprint density at radius 1 is 1.06 bits per heavy atom. The second kappa shape index (κ2) is 5.06. The van der Waals surface area contributed by atoms with Crippen molar-refractivity contribution in [2.24, 2.45) is 0 Å². The lowest BCUT2D eigenvalue weighted by atomic mass is 10.0. The Kier molecular flexibility index (Phi) is 3.69. The number of rotatable bonds is 2. The number of hydrogen-bond acceptors (Lipinski definition) is 2. The van der Waals surface area contributed by atoms with Crippen LogP contribution in [-0.2, 0) is 0 Å². The first kappa shape index (κ1) is 12.4. The standard InChI is InChI=1S/C12H15F3N2/c13-12(14,15)11(10-4-2-1-3-5-10)17-8-6-16-7-9-17/h1-5,11,16H,6-9H2/t11-/m1/s1. The van der Waals surface area contributed by atoms with Crippen molar-refractivity contribution in [2.75, 3.05) is 26.2 Å². The molecule has 1 heterocycles. The van der Waals surface area contributed by atoms with Gasteiger partial charge in [0.15, 0.2) is 0 Å². The maximum Gasteiger partial charge on any atom is 0.408 e. The average molecular weight is 244 g/mol. The SMILES string of the molecule is FC(F)(F)[C@@H](c1ccccc1)N1CCNCC1. The number of hydrogen-bond donors (Lipinski definition) is 1. The maximum atomic E-state index is 13.1. The van der Waals surface area contributed by atoms with E-state index in [4.69, 9.17) is 0 Å². The summed E-state index contributed by atoms with van der Waals surface area (Å²) in [5.74, 6) is 0. The van der Waals surface area contributed by atoms with E-state index in [1.54, 1.807) is 30.3 Å². The van der Waals surface area contributed by atoms with Gasteiger partial charge in [0.1, 0.15) is 6.04 Å². The minimum Gasteiger partial charge on any atom is -0.314 e. The van der Waals surface area contributed by atoms with Crippen molar-refractivity contribution in [3.05, 3.63) is 35.9 Å². The minimum absolute atomic E-state index is 0.321. The molecule has 0 amide bonds. The van der Waals surface area contributed by atoms with Gasteiger partial charge in [-0.1, -0.05) is 30.3 Å². The van der Waals surface area contributed by atoms with Crippen LogP contribution in [0.25, 0.3) is 0 Å². The van der Waals surface area contributed by atoms with Gasteiger partial charge in [0, 0.05) is 26.2 Å². The number of benzene rings is 1. The molecular formula is C12H15F3N2. The van der Waals surface area contributed by atoms with Crippen LogP contribution in [0.4, 0.5) is 13.2 Å². The third-order valence-electron chi connectivity index (χ3n) is 2.94. The smallest absolute Gasteiger partial charge is 0.314 e. The van der Waals surface area contributed by atoms with E-state index in [9.17, 15) is 13.2 Å². The van der Waals surface area contributed by atoms with Gasteiger partial charge in [-0.2, -0.15) is 13.2 Å². The highest BCUT2D eigenvalue weighted by atomic mass is 19.4. The number of piperazine rings is 1. The van der Waals surface area contributed by atoms with E-state index in [0.717, 1.165) is 0 Å². The Hall–Kier alpha value is -1.07. The topological polar surface area (TPSA) is 15.3 Å². The van der Waals surface area contributed by atoms with E-state index in [-0.39, 0.29) is 0 Å². The molecule has 0 radical (unpaired) electrons. The van der Waals surface area contributed by atoms with Crippen molar-refractivity contribution in [3.8, 4) is 0 Å². The van der Waals surface area contributed by atoms with Crippen molar-refractivity contribution >= 4 is 0 Å². The zero-order chi connectivity index (χ0) is 12.3. The van der Waals surface area contributed by atoms with Crippen molar-refractivity contribution in [2.45, 2.75) is 12.2 Å². The summed E-state index contributed by atoms with van der Waals surface area (Å²) < 4.78 is 39.4. The molecule has 5 heteroatoms. The molecule has 1 aromatic rings. The molecule has 0 aliphatic carbocycles. The second-order valence-electron chi connectivity index (χ2n) is 4.14. The molecular weight excluding hydrogens is 229 g/mol. The third kappa shape index (κ3) is 2.98. The molecule has 1 N–H and O–H groups in total. The average Bonchev–Trinajstić information content (AvgIpc) is 2.30. The summed E-state index contributed by atoms with van der Waals surface area (Å²) in [5, 5.41) is 3.06. The largest absolute Gasteiger partial charge is 0.408 e. The maximum absolute atomic E-state index is 13.1. The molecule has 17 heavy (non-hydrogen) atoms. The summed E-state index contributed by atoms with van der Waals surface area (Å²) in [7, 11) is 0. The van der Waals surface area contributed by atoms with Crippen molar-refractivity contribution in [1.82, 2.24) is 10.2 Å². The Labute approximate surface area is 98.4 Å². The van der Waals surface area contributed by atoms with Gasteiger partial charge in [0.2, 0.25) is 0 Å². The van der Waals surface area contributed by atoms with E-state index in [2.05, 4.69) is 5.32 Å². The van der Waals surface area contributed by atoms with Crippen molar-refractivity contribution in [3.63, 3.8) is 0 Å². The van der Waals surface area contributed by atoms with E-state index < -0.39 is 12.2 Å². The molecule has 1 saturated heterocycles. The Morgan fingerprint density at radius 3 is 2.18 bits per heavy atom. The zero-order valence-electron chi connectivity index (χ0n) is 9.37. The highest BCUT2D eigenvalue weighted by Crippen LogP contribution is 2.37. The Bertz CT molecular complexity index is 345. The first-order chi connectivity index (χ1) is 8.09. The van der Waals surface area contributed by atoms with Crippen LogP contribution >= 0.6 is 0 Å². The van der Waals surface area contributed by atoms with Crippen molar-refractivity contribution in [1.29, 1.82) is 0 Å². The van der Waals surface area contributed by atoms with Crippen LogP contribution in [0, 0.1) is 0 Å². The first-order valence-electron chi connectivity index (χ1n) is 5.65. The predicted molar refractivity (Wildman–Crippen MR) is 59.7 cm³/mol. The molecule has 1 fully saturated rings. The molecule has 0 bridgehead atoms. The van der Waals surface area contributed by atoms with Crippen LogP contribution in [0.2, 0.25) is 0 Å². The number of nitrogens with zero attached hydrogens (tertiary/aromatic N) is 1. The van der Waals surface area contributed by atoms with Crippen LogP contribution < -0.4 is 5.32 Å². The highest BCUT2D eigenvalue weighted by Gasteiger charge is 2.44. The van der Waals surface area contributed by atoms with Gasteiger partial charge in [-0.15, -0.1) is 0 Å². The minimum atomic E-state index is -4.22. The van der Waals surface area contributed by atoms with Crippen LogP contribution in [0.3, 0.4) is 0 Å². The molecule has 2 rings (SSSR count). The third-order valence-corrected chi connectivity index (χ3v) is 2.94. The van der Waals surface area contributed by atoms with E-state index >= 15 is 0 Å². The second-order valence-corrected chi connectivity index (χ2v) is 4.14. The predicted octanol–water partition coefficient (Wildman–Crippen LogP) is 2.20. The summed E-state index contributed by atoms with van der Waals surface area (Å²) in [5.41, 5.74) is 0.321. The summed E-state index contributed by atoms with van der Waals surface area (Å²) in [6, 6.07) is 6.63. The fraction of sp³-hybridized carbons (Fsp3) is 0.500. The molecule has 94 valence electrons. The van der Waals surface area contributed by atoms with Crippen molar-refractivity contribution < 1.29 is 13.2 Å². The van der Waals surface area contributed by atoms with E-state index in [1.165, 1.54) is 4.90 Å². The molecule has 0 saturated carbocycles. The van der Waals surface area contributed by atoms with E-state index in [0.29, 0.717) is 31.7 Å². The Balaban J connectivity index is 2.25. The fourth-order valence-electron chi connectivity index (χ4n) is 2.18. The Morgan fingerprint density at radius 2 is 1.65 bits per heavy atom. The monoisotopic (exact) mass is 244 g/mol. The molecule has 1 atom stereocenters. The van der Waals surface area contributed by atoms with Crippen LogP contribution in [-0.4, -0.2) is 37.3 Å². The number of nitrogens with one attached hydrogen (secondary N) is 1. The van der Waals surface area contributed by atoms with Gasteiger partial charge in [0.05, 0.1) is 0 Å². The summed E-state index contributed by atoms with van der Waals surface area (Å²) in [4.78, 5) is 1.49.